The maximum atomic E-state index is 13.2. The van der Waals surface area contributed by atoms with Gasteiger partial charge in [-0.05, 0) is 38.6 Å². The molecule has 0 aromatic carbocycles. The Kier molecular flexibility index (Phi) is 8.24. The third kappa shape index (κ3) is 5.67. The summed E-state index contributed by atoms with van der Waals surface area (Å²) < 4.78 is 0. The highest BCUT2D eigenvalue weighted by Gasteiger charge is 2.40. The van der Waals surface area contributed by atoms with Crippen LogP contribution < -0.4 is 10.6 Å². The van der Waals surface area contributed by atoms with Crippen LogP contribution >= 0.6 is 0 Å². The fourth-order valence-electron chi connectivity index (χ4n) is 4.14. The predicted molar refractivity (Wildman–Crippen MR) is 107 cm³/mol. The lowest BCUT2D eigenvalue weighted by molar-refractivity contribution is -0.155. The van der Waals surface area contributed by atoms with Crippen LogP contribution in [0.1, 0.15) is 46.5 Å². The number of carbonyl (C=O) groups excluding carboxylic acids is 2. The van der Waals surface area contributed by atoms with Crippen molar-refractivity contribution >= 4 is 17.8 Å². The number of nitrogens with one attached hydrogen (secondary N) is 2. The Bertz CT molecular complexity index is 562. The highest BCUT2D eigenvalue weighted by Crippen LogP contribution is 2.26. The quantitative estimate of drug-likeness (QED) is 0.553. The van der Waals surface area contributed by atoms with Gasteiger partial charge in [-0.2, -0.15) is 0 Å². The van der Waals surface area contributed by atoms with Gasteiger partial charge in [-0.3, -0.25) is 14.5 Å². The van der Waals surface area contributed by atoms with E-state index in [4.69, 9.17) is 0 Å². The van der Waals surface area contributed by atoms with Crippen LogP contribution in [0, 0.1) is 11.8 Å². The number of rotatable bonds is 8. The molecule has 0 radical (unpaired) electrons. The first-order chi connectivity index (χ1) is 13.2. The van der Waals surface area contributed by atoms with Crippen molar-refractivity contribution in [2.45, 2.75) is 64.6 Å². The molecule has 2 aliphatic rings. The number of carboxylic acid groups (broad SMARTS) is 1. The van der Waals surface area contributed by atoms with Gasteiger partial charge in [0.1, 0.15) is 12.1 Å². The summed E-state index contributed by atoms with van der Waals surface area (Å²) in [7, 11) is 1.68. The number of nitrogens with zero attached hydrogens (tertiary/aromatic N) is 2. The Morgan fingerprint density at radius 1 is 1.11 bits per heavy atom. The van der Waals surface area contributed by atoms with Crippen LogP contribution in [-0.4, -0.2) is 84.0 Å². The summed E-state index contributed by atoms with van der Waals surface area (Å²) in [5, 5.41) is 15.4. The molecule has 1 saturated heterocycles. The lowest BCUT2D eigenvalue weighted by Crippen LogP contribution is -2.63. The molecule has 160 valence electrons. The molecule has 1 aliphatic heterocycles. The van der Waals surface area contributed by atoms with Gasteiger partial charge in [-0.15, -0.1) is 0 Å². The second-order valence-electron chi connectivity index (χ2n) is 8.54. The fourth-order valence-corrected chi connectivity index (χ4v) is 4.14. The second kappa shape index (κ2) is 10.2. The first kappa shape index (κ1) is 22.6. The van der Waals surface area contributed by atoms with Crippen molar-refractivity contribution in [1.82, 2.24) is 20.4 Å². The van der Waals surface area contributed by atoms with E-state index >= 15 is 0 Å². The van der Waals surface area contributed by atoms with Crippen molar-refractivity contribution in [3.05, 3.63) is 0 Å². The van der Waals surface area contributed by atoms with Gasteiger partial charge >= 0.3 is 5.97 Å². The van der Waals surface area contributed by atoms with Crippen LogP contribution in [0.15, 0.2) is 0 Å². The number of hydrogen-bond acceptors (Lipinski definition) is 5. The monoisotopic (exact) mass is 396 g/mol. The van der Waals surface area contributed by atoms with Crippen molar-refractivity contribution < 1.29 is 19.5 Å². The molecule has 0 aromatic rings. The van der Waals surface area contributed by atoms with Gasteiger partial charge in [0, 0.05) is 26.2 Å². The molecule has 28 heavy (non-hydrogen) atoms. The van der Waals surface area contributed by atoms with E-state index in [1.807, 2.05) is 13.8 Å². The van der Waals surface area contributed by atoms with Gasteiger partial charge in [-0.25, -0.2) is 4.79 Å². The standard InChI is InChI=1S/C20H36N4O4/c1-13(2)17(22-18(25)14(3)21-4)19(26)24-10-9-23(12-16(24)20(27)28)11-15-7-5-6-8-15/h13-17,21H,5-12H2,1-4H3,(H,22,25)(H,27,28). The van der Waals surface area contributed by atoms with Gasteiger partial charge in [0.15, 0.2) is 0 Å². The third-order valence-electron chi connectivity index (χ3n) is 6.08. The molecule has 8 nitrogen and oxygen atoms in total. The van der Waals surface area contributed by atoms with E-state index in [0.717, 1.165) is 6.54 Å². The van der Waals surface area contributed by atoms with Gasteiger partial charge in [0.2, 0.25) is 11.8 Å². The molecule has 2 amide bonds. The largest absolute Gasteiger partial charge is 0.480 e. The summed E-state index contributed by atoms with van der Waals surface area (Å²) in [6, 6.07) is -2.03. The average molecular weight is 397 g/mol. The Hall–Kier alpha value is -1.67. The highest BCUT2D eigenvalue weighted by molar-refractivity contribution is 5.92. The summed E-state index contributed by atoms with van der Waals surface area (Å²) in [5.41, 5.74) is 0. The molecule has 2 fully saturated rings. The number of carbonyl (C=O) groups is 3. The summed E-state index contributed by atoms with van der Waals surface area (Å²) in [6.45, 7) is 7.76. The van der Waals surface area contributed by atoms with Crippen LogP contribution in [0.5, 0.6) is 0 Å². The molecule has 0 aromatic heterocycles. The fraction of sp³-hybridized carbons (Fsp3) is 0.850. The van der Waals surface area contributed by atoms with E-state index in [-0.39, 0.29) is 17.7 Å². The zero-order valence-electron chi connectivity index (χ0n) is 17.6. The zero-order valence-corrected chi connectivity index (χ0v) is 17.6. The van der Waals surface area contributed by atoms with Crippen LogP contribution in [0.25, 0.3) is 0 Å². The van der Waals surface area contributed by atoms with Gasteiger partial charge < -0.3 is 20.6 Å². The number of carboxylic acids is 1. The minimum atomic E-state index is -0.984. The van der Waals surface area contributed by atoms with Crippen molar-refractivity contribution in [3.8, 4) is 0 Å². The second-order valence-corrected chi connectivity index (χ2v) is 8.54. The molecule has 1 saturated carbocycles. The van der Waals surface area contributed by atoms with Gasteiger partial charge in [0.05, 0.1) is 6.04 Å². The zero-order chi connectivity index (χ0) is 20.8. The molecule has 3 atom stereocenters. The Balaban J connectivity index is 2.06. The van der Waals surface area contributed by atoms with Crippen LogP contribution in [0.4, 0.5) is 0 Å². The molecule has 3 unspecified atom stereocenters. The normalized spacial score (nSPS) is 23.6. The summed E-state index contributed by atoms with van der Waals surface area (Å²) >= 11 is 0. The molecule has 1 heterocycles. The van der Waals surface area contributed by atoms with E-state index in [2.05, 4.69) is 15.5 Å². The number of hydrogen-bond donors (Lipinski definition) is 3. The van der Waals surface area contributed by atoms with Gasteiger partial charge in [0.25, 0.3) is 0 Å². The average Bonchev–Trinajstić information content (AvgIpc) is 3.17. The lowest BCUT2D eigenvalue weighted by atomic mass is 9.99. The SMILES string of the molecule is CNC(C)C(=O)NC(C(=O)N1CCN(CC2CCCC2)CC1C(=O)O)C(C)C. The molecular formula is C20H36N4O4. The van der Waals surface area contributed by atoms with Crippen LogP contribution in [-0.2, 0) is 14.4 Å². The maximum absolute atomic E-state index is 13.2. The van der Waals surface area contributed by atoms with Crippen LogP contribution in [0.2, 0.25) is 0 Å². The van der Waals surface area contributed by atoms with Gasteiger partial charge in [-0.1, -0.05) is 26.7 Å². The molecule has 8 heteroatoms. The van der Waals surface area contributed by atoms with Crippen molar-refractivity contribution in [2.75, 3.05) is 33.2 Å². The number of likely N-dealkylation sites (N-methyl/N-ethyl adjacent to an activating group) is 1. The first-order valence-corrected chi connectivity index (χ1v) is 10.5. The topological polar surface area (TPSA) is 102 Å². The predicted octanol–water partition coefficient (Wildman–Crippen LogP) is 0.523. The molecular weight excluding hydrogens is 360 g/mol. The number of amides is 2. The molecule has 2 rings (SSSR count). The van der Waals surface area contributed by atoms with E-state index in [1.165, 1.54) is 30.6 Å². The van der Waals surface area contributed by atoms with Crippen molar-refractivity contribution in [2.24, 2.45) is 11.8 Å². The van der Waals surface area contributed by atoms with Crippen molar-refractivity contribution in [1.29, 1.82) is 0 Å². The Labute approximate surface area is 168 Å². The maximum Gasteiger partial charge on any atom is 0.327 e. The van der Waals surface area contributed by atoms with Crippen molar-refractivity contribution in [3.63, 3.8) is 0 Å². The lowest BCUT2D eigenvalue weighted by Gasteiger charge is -2.42. The summed E-state index contributed by atoms with van der Waals surface area (Å²) in [4.78, 5) is 41.0. The van der Waals surface area contributed by atoms with E-state index in [0.29, 0.717) is 25.6 Å². The molecule has 0 bridgehead atoms. The Morgan fingerprint density at radius 3 is 2.29 bits per heavy atom. The number of aliphatic carboxylic acids is 1. The van der Waals surface area contributed by atoms with E-state index < -0.39 is 24.1 Å². The minimum Gasteiger partial charge on any atom is -0.480 e. The molecule has 0 spiro atoms. The summed E-state index contributed by atoms with van der Waals surface area (Å²) in [5.74, 6) is -1.04. The first-order valence-electron chi connectivity index (χ1n) is 10.5. The van der Waals surface area contributed by atoms with E-state index in [9.17, 15) is 19.5 Å². The molecule has 3 N–H and O–H groups in total. The van der Waals surface area contributed by atoms with E-state index in [1.54, 1.807) is 14.0 Å². The van der Waals surface area contributed by atoms with Crippen LogP contribution in [0.3, 0.4) is 0 Å². The minimum absolute atomic E-state index is 0.133. The Morgan fingerprint density at radius 2 is 1.75 bits per heavy atom. The smallest absolute Gasteiger partial charge is 0.327 e. The summed E-state index contributed by atoms with van der Waals surface area (Å²) in [6.07, 6.45) is 4.93. The number of piperazine rings is 1. The third-order valence-corrected chi connectivity index (χ3v) is 6.08. The highest BCUT2D eigenvalue weighted by atomic mass is 16.4. The molecule has 1 aliphatic carbocycles.